The maximum atomic E-state index is 12.7. The lowest BCUT2D eigenvalue weighted by molar-refractivity contribution is -0.137. The van der Waals surface area contributed by atoms with Crippen molar-refractivity contribution >= 4 is 17.5 Å². The van der Waals surface area contributed by atoms with Crippen LogP contribution in [0.5, 0.6) is 11.5 Å². The number of rotatable bonds is 7. The lowest BCUT2D eigenvalue weighted by atomic mass is 10.2. The molecule has 0 saturated carbocycles. The smallest absolute Gasteiger partial charge is 0.416 e. The minimum absolute atomic E-state index is 0.0840. The molecule has 6 nitrogen and oxygen atoms in total. The third-order valence-electron chi connectivity index (χ3n) is 3.70. The average molecular weight is 396 g/mol. The van der Waals surface area contributed by atoms with E-state index in [9.17, 15) is 22.8 Å². The number of methoxy groups -OCH3 is 1. The predicted molar refractivity (Wildman–Crippen MR) is 96.2 cm³/mol. The zero-order chi connectivity index (χ0) is 20.7. The highest BCUT2D eigenvalue weighted by Gasteiger charge is 2.30. The molecule has 0 bridgehead atoms. The van der Waals surface area contributed by atoms with Gasteiger partial charge in [0.2, 0.25) is 5.91 Å². The molecule has 0 aliphatic rings. The lowest BCUT2D eigenvalue weighted by Gasteiger charge is -2.17. The minimum atomic E-state index is -4.50. The molecule has 0 heterocycles. The molecule has 0 spiro atoms. The van der Waals surface area contributed by atoms with Gasteiger partial charge in [-0.1, -0.05) is 6.07 Å². The van der Waals surface area contributed by atoms with Crippen molar-refractivity contribution in [3.05, 3.63) is 54.1 Å². The Labute approximate surface area is 159 Å². The molecule has 0 unspecified atom stereocenters. The number of ether oxygens (including phenoxy) is 2. The molecule has 2 amide bonds. The molecule has 2 aromatic rings. The first-order valence-electron chi connectivity index (χ1n) is 8.17. The van der Waals surface area contributed by atoms with Crippen LogP contribution in [0, 0.1) is 0 Å². The number of nitrogens with zero attached hydrogens (tertiary/aromatic N) is 1. The van der Waals surface area contributed by atoms with E-state index >= 15 is 0 Å². The summed E-state index contributed by atoms with van der Waals surface area (Å²) in [5.74, 6) is -0.432. The van der Waals surface area contributed by atoms with E-state index in [-0.39, 0.29) is 12.3 Å². The van der Waals surface area contributed by atoms with Gasteiger partial charge in [0.05, 0.1) is 19.2 Å². The van der Waals surface area contributed by atoms with Crippen LogP contribution in [0.25, 0.3) is 0 Å². The Morgan fingerprint density at radius 2 is 1.75 bits per heavy atom. The van der Waals surface area contributed by atoms with Gasteiger partial charge in [-0.15, -0.1) is 0 Å². The van der Waals surface area contributed by atoms with Crippen LogP contribution < -0.4 is 14.8 Å². The largest absolute Gasteiger partial charge is 0.497 e. The summed E-state index contributed by atoms with van der Waals surface area (Å²) in [5, 5.41) is 2.62. The second kappa shape index (κ2) is 9.12. The van der Waals surface area contributed by atoms with Crippen molar-refractivity contribution < 1.29 is 32.2 Å². The molecule has 2 rings (SSSR count). The Morgan fingerprint density at radius 3 is 2.36 bits per heavy atom. The van der Waals surface area contributed by atoms with Gasteiger partial charge in [-0.05, 0) is 42.5 Å². The topological polar surface area (TPSA) is 67.9 Å². The number of likely N-dealkylation sites (N-methyl/N-ethyl adjacent to an activating group) is 1. The third kappa shape index (κ3) is 6.19. The SMILES string of the molecule is COc1ccc(NC(=O)CN(C)C(=O)COc2cccc(C(F)(F)F)c2)cc1. The Balaban J connectivity index is 1.84. The average Bonchev–Trinajstić information content (AvgIpc) is 2.66. The van der Waals surface area contributed by atoms with Gasteiger partial charge in [0, 0.05) is 12.7 Å². The van der Waals surface area contributed by atoms with Gasteiger partial charge in [-0.25, -0.2) is 0 Å². The highest BCUT2D eigenvalue weighted by atomic mass is 19.4. The molecular weight excluding hydrogens is 377 g/mol. The van der Waals surface area contributed by atoms with Crippen LogP contribution in [0.15, 0.2) is 48.5 Å². The Morgan fingerprint density at radius 1 is 1.07 bits per heavy atom. The van der Waals surface area contributed by atoms with Crippen molar-refractivity contribution in [2.75, 3.05) is 32.6 Å². The van der Waals surface area contributed by atoms with Gasteiger partial charge in [0.15, 0.2) is 6.61 Å². The highest BCUT2D eigenvalue weighted by Crippen LogP contribution is 2.31. The van der Waals surface area contributed by atoms with E-state index in [1.807, 2.05) is 0 Å². The Hall–Kier alpha value is -3.23. The van der Waals surface area contributed by atoms with Crippen LogP contribution in [0.2, 0.25) is 0 Å². The highest BCUT2D eigenvalue weighted by molar-refractivity contribution is 5.94. The van der Waals surface area contributed by atoms with Crippen molar-refractivity contribution in [1.29, 1.82) is 0 Å². The van der Waals surface area contributed by atoms with E-state index in [1.54, 1.807) is 24.3 Å². The number of hydrogen-bond acceptors (Lipinski definition) is 4. The first-order valence-corrected chi connectivity index (χ1v) is 8.17. The quantitative estimate of drug-likeness (QED) is 0.781. The summed E-state index contributed by atoms with van der Waals surface area (Å²) in [6.45, 7) is -0.732. The van der Waals surface area contributed by atoms with Crippen molar-refractivity contribution in [1.82, 2.24) is 4.90 Å². The number of hydrogen-bond donors (Lipinski definition) is 1. The summed E-state index contributed by atoms with van der Waals surface area (Å²) < 4.78 is 48.2. The fraction of sp³-hybridized carbons (Fsp3) is 0.263. The predicted octanol–water partition coefficient (Wildman–Crippen LogP) is 3.19. The maximum absolute atomic E-state index is 12.7. The van der Waals surface area contributed by atoms with E-state index in [4.69, 9.17) is 9.47 Å². The molecule has 0 radical (unpaired) electrons. The molecule has 1 N–H and O–H groups in total. The minimum Gasteiger partial charge on any atom is -0.497 e. The van der Waals surface area contributed by atoms with E-state index < -0.39 is 30.2 Å². The molecule has 0 aromatic heterocycles. The summed E-state index contributed by atoms with van der Waals surface area (Å²) in [6, 6.07) is 10.9. The zero-order valence-corrected chi connectivity index (χ0v) is 15.2. The van der Waals surface area contributed by atoms with Crippen LogP contribution in [0.3, 0.4) is 0 Å². The van der Waals surface area contributed by atoms with Crippen molar-refractivity contribution in [3.8, 4) is 11.5 Å². The summed E-state index contributed by atoms with van der Waals surface area (Å²) in [4.78, 5) is 25.2. The second-order valence-electron chi connectivity index (χ2n) is 5.84. The van der Waals surface area contributed by atoms with Crippen LogP contribution in [0.1, 0.15) is 5.56 Å². The molecule has 28 heavy (non-hydrogen) atoms. The summed E-state index contributed by atoms with van der Waals surface area (Å²) in [5.41, 5.74) is -0.337. The molecule has 0 aliphatic heterocycles. The lowest BCUT2D eigenvalue weighted by Crippen LogP contribution is -2.37. The van der Waals surface area contributed by atoms with Crippen LogP contribution in [-0.2, 0) is 15.8 Å². The number of anilines is 1. The number of alkyl halides is 3. The third-order valence-corrected chi connectivity index (χ3v) is 3.70. The number of nitrogens with one attached hydrogen (secondary N) is 1. The molecule has 0 aliphatic carbocycles. The molecule has 0 saturated heterocycles. The van der Waals surface area contributed by atoms with E-state index in [0.717, 1.165) is 17.0 Å². The van der Waals surface area contributed by atoms with Crippen molar-refractivity contribution in [3.63, 3.8) is 0 Å². The van der Waals surface area contributed by atoms with E-state index in [1.165, 1.54) is 26.3 Å². The van der Waals surface area contributed by atoms with Gasteiger partial charge in [-0.3, -0.25) is 9.59 Å². The fourth-order valence-corrected chi connectivity index (χ4v) is 2.20. The Bertz CT molecular complexity index is 823. The summed E-state index contributed by atoms with van der Waals surface area (Å²) >= 11 is 0. The van der Waals surface area contributed by atoms with Crippen LogP contribution in [0.4, 0.5) is 18.9 Å². The number of halogens is 3. The first-order chi connectivity index (χ1) is 13.2. The molecule has 9 heteroatoms. The normalized spacial score (nSPS) is 10.9. The van der Waals surface area contributed by atoms with Gasteiger partial charge in [0.25, 0.3) is 5.91 Å². The van der Waals surface area contributed by atoms with Gasteiger partial charge < -0.3 is 19.7 Å². The summed E-state index contributed by atoms with van der Waals surface area (Å²) in [6.07, 6.45) is -4.50. The molecule has 2 aromatic carbocycles. The standard InChI is InChI=1S/C19H19F3N2O4/c1-24(11-17(25)23-14-6-8-15(27-2)9-7-14)18(26)12-28-16-5-3-4-13(10-16)19(20,21)22/h3-10H,11-12H2,1-2H3,(H,23,25). The Kier molecular flexibility index (Phi) is 6.86. The zero-order valence-electron chi connectivity index (χ0n) is 15.2. The summed E-state index contributed by atoms with van der Waals surface area (Å²) in [7, 11) is 2.92. The number of carbonyl (C=O) groups is 2. The first kappa shape index (κ1) is 21.1. The van der Waals surface area contributed by atoms with Gasteiger partial charge in [0.1, 0.15) is 11.5 Å². The van der Waals surface area contributed by atoms with Crippen molar-refractivity contribution in [2.24, 2.45) is 0 Å². The maximum Gasteiger partial charge on any atom is 0.416 e. The monoisotopic (exact) mass is 396 g/mol. The van der Waals surface area contributed by atoms with Crippen LogP contribution in [-0.4, -0.2) is 44.0 Å². The van der Waals surface area contributed by atoms with Crippen LogP contribution >= 0.6 is 0 Å². The van der Waals surface area contributed by atoms with Crippen molar-refractivity contribution in [2.45, 2.75) is 6.18 Å². The number of carbonyl (C=O) groups excluding carboxylic acids is 2. The fourth-order valence-electron chi connectivity index (χ4n) is 2.20. The van der Waals surface area contributed by atoms with E-state index in [0.29, 0.717) is 11.4 Å². The number of amides is 2. The molecule has 150 valence electrons. The number of benzene rings is 2. The molecule has 0 atom stereocenters. The van der Waals surface area contributed by atoms with E-state index in [2.05, 4.69) is 5.32 Å². The molecular formula is C19H19F3N2O4. The van der Waals surface area contributed by atoms with Gasteiger partial charge >= 0.3 is 6.18 Å². The second-order valence-corrected chi connectivity index (χ2v) is 5.84. The molecule has 0 fully saturated rings. The van der Waals surface area contributed by atoms with Gasteiger partial charge in [-0.2, -0.15) is 13.2 Å².